The predicted octanol–water partition coefficient (Wildman–Crippen LogP) is 2.97. The van der Waals surface area contributed by atoms with E-state index in [1.165, 1.54) is 16.4 Å². The van der Waals surface area contributed by atoms with Crippen molar-refractivity contribution in [3.05, 3.63) is 46.2 Å². The summed E-state index contributed by atoms with van der Waals surface area (Å²) < 4.78 is 30.1. The van der Waals surface area contributed by atoms with Crippen molar-refractivity contribution >= 4 is 26.0 Å². The van der Waals surface area contributed by atoms with E-state index in [4.69, 9.17) is 5.26 Å². The molecule has 1 aliphatic heterocycles. The molecular formula is C16H17BrN4O2S. The molecule has 0 radical (unpaired) electrons. The van der Waals surface area contributed by atoms with Crippen LogP contribution in [0.5, 0.6) is 0 Å². The molecule has 0 saturated carbocycles. The van der Waals surface area contributed by atoms with E-state index in [2.05, 4.69) is 21.0 Å². The Hall–Kier alpha value is -1.69. The van der Waals surface area contributed by atoms with Crippen LogP contribution >= 0.6 is 15.9 Å². The van der Waals surface area contributed by atoms with Crippen molar-refractivity contribution in [3.8, 4) is 6.07 Å². The standard InChI is InChI=1S/C16H17BrN4O2S/c1-20-11-13(10-19-20)16-4-2-3-7-21(16)24(22,23)14-5-6-15(17)12(8-14)9-18/h5-6,8,10-11,16H,2-4,7H2,1H3. The summed E-state index contributed by atoms with van der Waals surface area (Å²) in [6.45, 7) is 0.472. The van der Waals surface area contributed by atoms with Crippen LogP contribution in [0.2, 0.25) is 0 Å². The molecule has 0 spiro atoms. The molecule has 0 aliphatic carbocycles. The van der Waals surface area contributed by atoms with E-state index in [1.807, 2.05) is 19.3 Å². The fraction of sp³-hybridized carbons (Fsp3) is 0.375. The van der Waals surface area contributed by atoms with Gasteiger partial charge in [-0.2, -0.15) is 14.7 Å². The van der Waals surface area contributed by atoms with Crippen LogP contribution < -0.4 is 0 Å². The first kappa shape index (κ1) is 17.1. The number of halogens is 1. The maximum absolute atomic E-state index is 13.1. The molecule has 1 fully saturated rings. The smallest absolute Gasteiger partial charge is 0.243 e. The third kappa shape index (κ3) is 3.11. The lowest BCUT2D eigenvalue weighted by Gasteiger charge is -2.34. The monoisotopic (exact) mass is 408 g/mol. The predicted molar refractivity (Wildman–Crippen MR) is 92.5 cm³/mol. The Morgan fingerprint density at radius 1 is 1.38 bits per heavy atom. The van der Waals surface area contributed by atoms with Gasteiger partial charge in [0.1, 0.15) is 6.07 Å². The number of nitrogens with zero attached hydrogens (tertiary/aromatic N) is 4. The van der Waals surface area contributed by atoms with Crippen LogP contribution in [0.25, 0.3) is 0 Å². The Morgan fingerprint density at radius 3 is 2.83 bits per heavy atom. The normalized spacial score (nSPS) is 19.1. The highest BCUT2D eigenvalue weighted by molar-refractivity contribution is 9.10. The number of benzene rings is 1. The van der Waals surface area contributed by atoms with E-state index in [1.54, 1.807) is 16.9 Å². The Labute approximate surface area is 149 Å². The van der Waals surface area contributed by atoms with Crippen LogP contribution in [0.1, 0.15) is 36.4 Å². The molecule has 0 amide bonds. The summed E-state index contributed by atoms with van der Waals surface area (Å²) in [5.74, 6) is 0. The molecule has 1 aromatic carbocycles. The zero-order chi connectivity index (χ0) is 17.3. The number of piperidine rings is 1. The second kappa shape index (κ2) is 6.67. The van der Waals surface area contributed by atoms with Gasteiger partial charge in [0.25, 0.3) is 0 Å². The minimum Gasteiger partial charge on any atom is -0.275 e. The quantitative estimate of drug-likeness (QED) is 0.781. The van der Waals surface area contributed by atoms with Crippen LogP contribution in [0.15, 0.2) is 40.0 Å². The molecular weight excluding hydrogens is 392 g/mol. The topological polar surface area (TPSA) is 79.0 Å². The van der Waals surface area contributed by atoms with E-state index in [-0.39, 0.29) is 10.9 Å². The van der Waals surface area contributed by atoms with E-state index in [0.29, 0.717) is 16.6 Å². The molecule has 2 heterocycles. The van der Waals surface area contributed by atoms with Crippen molar-refractivity contribution in [2.45, 2.75) is 30.2 Å². The van der Waals surface area contributed by atoms with Crippen LogP contribution in [0.3, 0.4) is 0 Å². The third-order valence-electron chi connectivity index (χ3n) is 4.23. The lowest BCUT2D eigenvalue weighted by Crippen LogP contribution is -2.38. The number of rotatable bonds is 3. The molecule has 1 aromatic heterocycles. The number of hydrogen-bond acceptors (Lipinski definition) is 4. The number of hydrogen-bond donors (Lipinski definition) is 0. The van der Waals surface area contributed by atoms with Gasteiger partial charge in [0.2, 0.25) is 10.0 Å². The van der Waals surface area contributed by atoms with Gasteiger partial charge in [0.05, 0.1) is 22.7 Å². The van der Waals surface area contributed by atoms with Crippen LogP contribution in [0, 0.1) is 11.3 Å². The van der Waals surface area contributed by atoms with Crippen molar-refractivity contribution in [1.29, 1.82) is 5.26 Å². The zero-order valence-electron chi connectivity index (χ0n) is 13.2. The molecule has 126 valence electrons. The van der Waals surface area contributed by atoms with Crippen molar-refractivity contribution in [3.63, 3.8) is 0 Å². The molecule has 1 aliphatic rings. The minimum atomic E-state index is -3.68. The van der Waals surface area contributed by atoms with Gasteiger partial charge in [-0.25, -0.2) is 8.42 Å². The Kier molecular flexibility index (Phi) is 4.76. The van der Waals surface area contributed by atoms with Gasteiger partial charge in [0.15, 0.2) is 0 Å². The van der Waals surface area contributed by atoms with E-state index >= 15 is 0 Å². The molecule has 1 unspecified atom stereocenters. The highest BCUT2D eigenvalue weighted by atomic mass is 79.9. The molecule has 6 nitrogen and oxygen atoms in total. The molecule has 1 atom stereocenters. The Balaban J connectivity index is 2.02. The first-order valence-electron chi connectivity index (χ1n) is 7.63. The van der Waals surface area contributed by atoms with Gasteiger partial charge in [-0.05, 0) is 47.0 Å². The van der Waals surface area contributed by atoms with Crippen LogP contribution in [-0.2, 0) is 17.1 Å². The highest BCUT2D eigenvalue weighted by Crippen LogP contribution is 2.35. The molecule has 1 saturated heterocycles. The van der Waals surface area contributed by atoms with E-state index < -0.39 is 10.0 Å². The molecule has 8 heteroatoms. The average molecular weight is 409 g/mol. The van der Waals surface area contributed by atoms with Crippen LogP contribution in [0.4, 0.5) is 0 Å². The van der Waals surface area contributed by atoms with Crippen LogP contribution in [-0.4, -0.2) is 29.0 Å². The van der Waals surface area contributed by atoms with Gasteiger partial charge < -0.3 is 0 Å². The van der Waals surface area contributed by atoms with Gasteiger partial charge in [-0.3, -0.25) is 4.68 Å². The number of aryl methyl sites for hydroxylation is 1. The number of aromatic nitrogens is 2. The second-order valence-corrected chi connectivity index (χ2v) is 8.57. The van der Waals surface area contributed by atoms with Gasteiger partial charge >= 0.3 is 0 Å². The van der Waals surface area contributed by atoms with E-state index in [0.717, 1.165) is 24.8 Å². The molecule has 3 rings (SSSR count). The first-order chi connectivity index (χ1) is 11.4. The summed E-state index contributed by atoms with van der Waals surface area (Å²) in [5.41, 5.74) is 1.21. The van der Waals surface area contributed by atoms with E-state index in [9.17, 15) is 8.42 Å². The molecule has 24 heavy (non-hydrogen) atoms. The lowest BCUT2D eigenvalue weighted by atomic mass is 10.0. The van der Waals surface area contributed by atoms with Crippen molar-refractivity contribution in [2.24, 2.45) is 7.05 Å². The SMILES string of the molecule is Cn1cc(C2CCCCN2S(=O)(=O)c2ccc(Br)c(C#N)c2)cn1. The summed E-state index contributed by atoms with van der Waals surface area (Å²) in [5, 5.41) is 13.3. The first-order valence-corrected chi connectivity index (χ1v) is 9.87. The fourth-order valence-corrected chi connectivity index (χ4v) is 5.07. The van der Waals surface area contributed by atoms with Gasteiger partial charge in [-0.15, -0.1) is 0 Å². The summed E-state index contributed by atoms with van der Waals surface area (Å²) in [7, 11) is -1.86. The fourth-order valence-electron chi connectivity index (χ4n) is 3.02. The molecule has 0 N–H and O–H groups in total. The number of nitriles is 1. The maximum Gasteiger partial charge on any atom is 0.243 e. The van der Waals surface area contributed by atoms with Crippen molar-refractivity contribution < 1.29 is 8.42 Å². The second-order valence-electron chi connectivity index (χ2n) is 5.83. The maximum atomic E-state index is 13.1. The van der Waals surface area contributed by atoms with Crippen molar-refractivity contribution in [1.82, 2.24) is 14.1 Å². The van der Waals surface area contributed by atoms with Crippen molar-refractivity contribution in [2.75, 3.05) is 6.54 Å². The molecule has 2 aromatic rings. The summed E-state index contributed by atoms with van der Waals surface area (Å²) in [4.78, 5) is 0.151. The summed E-state index contributed by atoms with van der Waals surface area (Å²) in [6, 6.07) is 6.37. The average Bonchev–Trinajstić information content (AvgIpc) is 3.01. The zero-order valence-corrected chi connectivity index (χ0v) is 15.6. The minimum absolute atomic E-state index is 0.151. The largest absolute Gasteiger partial charge is 0.275 e. The Bertz CT molecular complexity index is 901. The highest BCUT2D eigenvalue weighted by Gasteiger charge is 2.35. The summed E-state index contributed by atoms with van der Waals surface area (Å²) >= 11 is 3.26. The Morgan fingerprint density at radius 2 is 2.17 bits per heavy atom. The molecule has 0 bridgehead atoms. The third-order valence-corrected chi connectivity index (χ3v) is 6.82. The summed E-state index contributed by atoms with van der Waals surface area (Å²) in [6.07, 6.45) is 6.17. The lowest BCUT2D eigenvalue weighted by molar-refractivity contribution is 0.256. The number of sulfonamides is 1. The van der Waals surface area contributed by atoms with Gasteiger partial charge in [0, 0.05) is 29.8 Å². The van der Waals surface area contributed by atoms with Gasteiger partial charge in [-0.1, -0.05) is 6.42 Å².